The lowest BCUT2D eigenvalue weighted by Crippen LogP contribution is -2.51. The molecule has 0 heterocycles. The van der Waals surface area contributed by atoms with Crippen LogP contribution in [-0.2, 0) is 22.6 Å². The van der Waals surface area contributed by atoms with Gasteiger partial charge in [0.05, 0.1) is 5.75 Å². The molecule has 0 aliphatic heterocycles. The van der Waals surface area contributed by atoms with E-state index in [0.717, 1.165) is 16.0 Å². The van der Waals surface area contributed by atoms with Crippen molar-refractivity contribution in [3.05, 3.63) is 102 Å². The number of carbonyl (C=O) groups excluding carboxylic acids is 2. The normalized spacial score (nSPS) is 11.6. The standard InChI is InChI=1S/C27H30N2O2S/c1-3-28-27(31)25(18-22-10-6-4-7-11-22)29(19-23-12-8-5-9-13-23)26(30)20-32-24-16-14-21(2)15-17-24/h4-17,25H,3,18-20H2,1-2H3,(H,28,31)/t25-/m1/s1. The zero-order valence-electron chi connectivity index (χ0n) is 18.7. The minimum Gasteiger partial charge on any atom is -0.355 e. The van der Waals surface area contributed by atoms with E-state index in [1.165, 1.54) is 17.3 Å². The molecular formula is C27H30N2O2S. The van der Waals surface area contributed by atoms with Crippen LogP contribution in [0.1, 0.15) is 23.6 Å². The SMILES string of the molecule is CCNC(=O)[C@@H](Cc1ccccc1)N(Cc1ccccc1)C(=O)CSc1ccc(C)cc1. The molecule has 2 amide bonds. The molecule has 4 nitrogen and oxygen atoms in total. The summed E-state index contributed by atoms with van der Waals surface area (Å²) >= 11 is 1.50. The highest BCUT2D eigenvalue weighted by Crippen LogP contribution is 2.21. The van der Waals surface area contributed by atoms with Crippen molar-refractivity contribution >= 4 is 23.6 Å². The quantitative estimate of drug-likeness (QED) is 0.452. The van der Waals surface area contributed by atoms with Crippen LogP contribution < -0.4 is 5.32 Å². The number of thioether (sulfide) groups is 1. The van der Waals surface area contributed by atoms with Gasteiger partial charge in [0, 0.05) is 24.4 Å². The maximum atomic E-state index is 13.5. The van der Waals surface area contributed by atoms with Gasteiger partial charge in [-0.15, -0.1) is 11.8 Å². The van der Waals surface area contributed by atoms with E-state index in [4.69, 9.17) is 0 Å². The molecule has 0 unspecified atom stereocenters. The maximum absolute atomic E-state index is 13.5. The molecule has 0 aliphatic carbocycles. The monoisotopic (exact) mass is 446 g/mol. The first-order valence-electron chi connectivity index (χ1n) is 10.9. The van der Waals surface area contributed by atoms with Crippen LogP contribution >= 0.6 is 11.8 Å². The number of likely N-dealkylation sites (N-methyl/N-ethyl adjacent to an activating group) is 1. The second-order valence-corrected chi connectivity index (χ2v) is 8.76. The van der Waals surface area contributed by atoms with E-state index >= 15 is 0 Å². The molecule has 0 aliphatic rings. The Morgan fingerprint density at radius 1 is 0.875 bits per heavy atom. The summed E-state index contributed by atoms with van der Waals surface area (Å²) < 4.78 is 0. The number of nitrogens with zero attached hydrogens (tertiary/aromatic N) is 1. The Kier molecular flexibility index (Phi) is 8.93. The van der Waals surface area contributed by atoms with E-state index in [0.29, 0.717) is 19.5 Å². The van der Waals surface area contributed by atoms with Gasteiger partial charge >= 0.3 is 0 Å². The van der Waals surface area contributed by atoms with E-state index in [-0.39, 0.29) is 17.6 Å². The van der Waals surface area contributed by atoms with Crippen LogP contribution in [0, 0.1) is 6.92 Å². The van der Waals surface area contributed by atoms with Crippen LogP contribution in [-0.4, -0.2) is 35.1 Å². The average molecular weight is 447 g/mol. The lowest BCUT2D eigenvalue weighted by molar-refractivity contribution is -0.139. The summed E-state index contributed by atoms with van der Waals surface area (Å²) in [6, 6.07) is 27.3. The summed E-state index contributed by atoms with van der Waals surface area (Å²) in [4.78, 5) is 29.3. The maximum Gasteiger partial charge on any atom is 0.243 e. The highest BCUT2D eigenvalue weighted by atomic mass is 32.2. The number of nitrogens with one attached hydrogen (secondary N) is 1. The molecule has 32 heavy (non-hydrogen) atoms. The van der Waals surface area contributed by atoms with E-state index in [2.05, 4.69) is 5.32 Å². The highest BCUT2D eigenvalue weighted by Gasteiger charge is 2.30. The summed E-state index contributed by atoms with van der Waals surface area (Å²) in [5.41, 5.74) is 3.22. The Morgan fingerprint density at radius 3 is 2.06 bits per heavy atom. The molecule has 0 saturated heterocycles. The first kappa shape index (κ1) is 23.6. The van der Waals surface area contributed by atoms with E-state index in [9.17, 15) is 9.59 Å². The van der Waals surface area contributed by atoms with Crippen molar-refractivity contribution in [2.45, 2.75) is 37.8 Å². The molecule has 0 bridgehead atoms. The molecule has 0 radical (unpaired) electrons. The Balaban J connectivity index is 1.85. The number of hydrogen-bond donors (Lipinski definition) is 1. The van der Waals surface area contributed by atoms with E-state index in [1.54, 1.807) is 4.90 Å². The average Bonchev–Trinajstić information content (AvgIpc) is 2.82. The van der Waals surface area contributed by atoms with Crippen molar-refractivity contribution in [3.8, 4) is 0 Å². The fourth-order valence-corrected chi connectivity index (χ4v) is 4.27. The van der Waals surface area contributed by atoms with Crippen molar-refractivity contribution < 1.29 is 9.59 Å². The van der Waals surface area contributed by atoms with Gasteiger partial charge in [-0.05, 0) is 37.1 Å². The van der Waals surface area contributed by atoms with Crippen LogP contribution in [0.15, 0.2) is 89.8 Å². The van der Waals surface area contributed by atoms with Crippen LogP contribution in [0.5, 0.6) is 0 Å². The molecule has 0 saturated carbocycles. The predicted molar refractivity (Wildman–Crippen MR) is 132 cm³/mol. The molecule has 0 fully saturated rings. The summed E-state index contributed by atoms with van der Waals surface area (Å²) in [5, 5.41) is 2.93. The zero-order chi connectivity index (χ0) is 22.8. The molecular weight excluding hydrogens is 416 g/mol. The van der Waals surface area contributed by atoms with Crippen LogP contribution in [0.2, 0.25) is 0 Å². The second-order valence-electron chi connectivity index (χ2n) is 7.71. The molecule has 0 spiro atoms. The summed E-state index contributed by atoms with van der Waals surface area (Å²) in [6.07, 6.45) is 0.473. The lowest BCUT2D eigenvalue weighted by Gasteiger charge is -2.31. The number of aryl methyl sites for hydroxylation is 1. The van der Waals surface area contributed by atoms with E-state index in [1.807, 2.05) is 98.8 Å². The number of rotatable bonds is 10. The fourth-order valence-electron chi connectivity index (χ4n) is 3.49. The fraction of sp³-hybridized carbons (Fsp3) is 0.259. The first-order valence-corrected chi connectivity index (χ1v) is 11.9. The van der Waals surface area contributed by atoms with Gasteiger partial charge in [-0.2, -0.15) is 0 Å². The molecule has 3 aromatic rings. The number of hydrogen-bond acceptors (Lipinski definition) is 3. The van der Waals surface area contributed by atoms with Crippen molar-refractivity contribution in [2.24, 2.45) is 0 Å². The van der Waals surface area contributed by atoms with Crippen LogP contribution in [0.4, 0.5) is 0 Å². The molecule has 5 heteroatoms. The minimum atomic E-state index is -0.580. The van der Waals surface area contributed by atoms with Crippen LogP contribution in [0.25, 0.3) is 0 Å². The van der Waals surface area contributed by atoms with Gasteiger partial charge in [0.25, 0.3) is 0 Å². The number of amides is 2. The number of benzene rings is 3. The van der Waals surface area contributed by atoms with Crippen molar-refractivity contribution in [3.63, 3.8) is 0 Å². The summed E-state index contributed by atoms with van der Waals surface area (Å²) in [6.45, 7) is 4.86. The van der Waals surface area contributed by atoms with E-state index < -0.39 is 6.04 Å². The van der Waals surface area contributed by atoms with Crippen LogP contribution in [0.3, 0.4) is 0 Å². The van der Waals surface area contributed by atoms with Gasteiger partial charge in [-0.3, -0.25) is 9.59 Å². The lowest BCUT2D eigenvalue weighted by atomic mass is 10.0. The molecule has 1 atom stereocenters. The van der Waals surface area contributed by atoms with Gasteiger partial charge in [0.15, 0.2) is 0 Å². The Labute approximate surface area is 195 Å². The first-order chi connectivity index (χ1) is 15.6. The Morgan fingerprint density at radius 2 is 1.47 bits per heavy atom. The zero-order valence-corrected chi connectivity index (χ0v) is 19.5. The number of carbonyl (C=O) groups is 2. The molecule has 1 N–H and O–H groups in total. The predicted octanol–water partition coefficient (Wildman–Crippen LogP) is 4.86. The molecule has 3 aromatic carbocycles. The van der Waals surface area contributed by atoms with Gasteiger partial charge < -0.3 is 10.2 Å². The Hall–Kier alpha value is -3.05. The third-order valence-corrected chi connectivity index (χ3v) is 6.20. The van der Waals surface area contributed by atoms with Crippen molar-refractivity contribution in [2.75, 3.05) is 12.3 Å². The second kappa shape index (κ2) is 12.1. The van der Waals surface area contributed by atoms with Gasteiger partial charge in [0.1, 0.15) is 6.04 Å². The van der Waals surface area contributed by atoms with Crippen molar-refractivity contribution in [1.29, 1.82) is 0 Å². The van der Waals surface area contributed by atoms with Gasteiger partial charge in [0.2, 0.25) is 11.8 Å². The largest absolute Gasteiger partial charge is 0.355 e. The van der Waals surface area contributed by atoms with Gasteiger partial charge in [-0.1, -0.05) is 78.4 Å². The minimum absolute atomic E-state index is 0.0494. The smallest absolute Gasteiger partial charge is 0.243 e. The third kappa shape index (κ3) is 6.99. The molecule has 166 valence electrons. The highest BCUT2D eigenvalue weighted by molar-refractivity contribution is 8.00. The molecule has 0 aromatic heterocycles. The summed E-state index contributed by atoms with van der Waals surface area (Å²) in [5.74, 6) is 0.105. The summed E-state index contributed by atoms with van der Waals surface area (Å²) in [7, 11) is 0. The van der Waals surface area contributed by atoms with Gasteiger partial charge in [-0.25, -0.2) is 0 Å². The molecule has 3 rings (SSSR count). The Bertz CT molecular complexity index is 991. The topological polar surface area (TPSA) is 49.4 Å². The van der Waals surface area contributed by atoms with Crippen molar-refractivity contribution in [1.82, 2.24) is 10.2 Å². The third-order valence-electron chi connectivity index (χ3n) is 5.20.